The molecule has 0 atom stereocenters. The summed E-state index contributed by atoms with van der Waals surface area (Å²) in [5.74, 6) is 0. The van der Waals surface area contributed by atoms with Crippen LogP contribution in [-0.2, 0) is 13.6 Å². The normalized spacial score (nSPS) is 11.6. The predicted octanol–water partition coefficient (Wildman–Crippen LogP) is 0.836. The van der Waals surface area contributed by atoms with Crippen molar-refractivity contribution in [3.05, 3.63) is 24.3 Å². The molecule has 1 aromatic rings. The van der Waals surface area contributed by atoms with Gasteiger partial charge in [0.1, 0.15) is 7.85 Å². The zero-order valence-corrected chi connectivity index (χ0v) is 10.3. The summed E-state index contributed by atoms with van der Waals surface area (Å²) in [6.07, 6.45) is 0. The zero-order chi connectivity index (χ0) is 11.3. The van der Waals surface area contributed by atoms with Crippen molar-refractivity contribution in [1.29, 1.82) is 0 Å². The van der Waals surface area contributed by atoms with Gasteiger partial charge in [0.15, 0.2) is 0 Å². The van der Waals surface area contributed by atoms with Crippen molar-refractivity contribution >= 4 is 26.2 Å². The van der Waals surface area contributed by atoms with Gasteiger partial charge in [-0.05, 0) is 26.0 Å². The molecule has 0 fully saturated rings. The molecule has 0 aromatic heterocycles. The molecule has 0 amide bonds. The van der Waals surface area contributed by atoms with Crippen LogP contribution in [0.2, 0.25) is 0 Å². The second-order valence-corrected chi connectivity index (χ2v) is 5.20. The van der Waals surface area contributed by atoms with Crippen LogP contribution in [0.1, 0.15) is 13.8 Å². The highest BCUT2D eigenvalue weighted by molar-refractivity contribution is 7.62. The van der Waals surface area contributed by atoms with Crippen molar-refractivity contribution < 1.29 is 13.6 Å². The van der Waals surface area contributed by atoms with Gasteiger partial charge in [0, 0.05) is 0 Å². The summed E-state index contributed by atoms with van der Waals surface area (Å²) >= 11 is 0. The summed E-state index contributed by atoms with van der Waals surface area (Å²) < 4.78 is 22.7. The van der Waals surface area contributed by atoms with Crippen LogP contribution in [0.15, 0.2) is 24.3 Å². The predicted molar refractivity (Wildman–Crippen MR) is 65.1 cm³/mol. The second kappa shape index (κ2) is 5.50. The lowest BCUT2D eigenvalue weighted by Gasteiger charge is -2.17. The van der Waals surface area contributed by atoms with Crippen molar-refractivity contribution in [2.75, 3.05) is 13.2 Å². The summed E-state index contributed by atoms with van der Waals surface area (Å²) in [5.41, 5.74) is 1.12. The van der Waals surface area contributed by atoms with Crippen molar-refractivity contribution in [3.8, 4) is 0 Å². The number of rotatable bonds is 5. The molecule has 3 nitrogen and oxygen atoms in total. The highest BCUT2D eigenvalue weighted by Gasteiger charge is 2.25. The first-order valence-corrected chi connectivity index (χ1v) is 6.63. The molecule has 0 spiro atoms. The maximum absolute atomic E-state index is 12.3. The lowest BCUT2D eigenvalue weighted by molar-refractivity contribution is 0.230. The SMILES string of the molecule is Bc1ccc(P(=O)(OCC)OCC)cc1. The van der Waals surface area contributed by atoms with Gasteiger partial charge < -0.3 is 9.05 Å². The molecule has 5 heteroatoms. The van der Waals surface area contributed by atoms with E-state index in [1.54, 1.807) is 26.0 Å². The largest absolute Gasteiger partial charge is 0.361 e. The van der Waals surface area contributed by atoms with Crippen LogP contribution in [0, 0.1) is 0 Å². The summed E-state index contributed by atoms with van der Waals surface area (Å²) in [6, 6.07) is 7.39. The molecular formula is C10H16BO3P. The van der Waals surface area contributed by atoms with E-state index in [4.69, 9.17) is 9.05 Å². The molecule has 0 saturated carbocycles. The lowest BCUT2D eigenvalue weighted by Crippen LogP contribution is -2.13. The molecule has 0 radical (unpaired) electrons. The molecule has 0 bridgehead atoms. The number of hydrogen-bond acceptors (Lipinski definition) is 3. The molecular weight excluding hydrogens is 210 g/mol. The second-order valence-electron chi connectivity index (χ2n) is 3.17. The van der Waals surface area contributed by atoms with Gasteiger partial charge in [-0.2, -0.15) is 0 Å². The highest BCUT2D eigenvalue weighted by atomic mass is 31.2. The molecule has 0 unspecified atom stereocenters. The Morgan fingerprint density at radius 2 is 1.60 bits per heavy atom. The molecule has 1 rings (SSSR count). The van der Waals surface area contributed by atoms with Gasteiger partial charge in [0.25, 0.3) is 0 Å². The topological polar surface area (TPSA) is 35.5 Å². The van der Waals surface area contributed by atoms with E-state index in [0.717, 1.165) is 5.46 Å². The Labute approximate surface area is 91.7 Å². The average Bonchev–Trinajstić information content (AvgIpc) is 2.19. The van der Waals surface area contributed by atoms with Crippen LogP contribution in [0.3, 0.4) is 0 Å². The first kappa shape index (κ1) is 12.5. The third-order valence-corrected chi connectivity index (χ3v) is 4.08. The molecule has 82 valence electrons. The summed E-state index contributed by atoms with van der Waals surface area (Å²) in [7, 11) is -1.11. The third kappa shape index (κ3) is 3.20. The summed E-state index contributed by atoms with van der Waals surface area (Å²) in [6.45, 7) is 4.37. The monoisotopic (exact) mass is 226 g/mol. The minimum absolute atomic E-state index is 0.380. The summed E-state index contributed by atoms with van der Waals surface area (Å²) in [5, 5.41) is 0.622. The van der Waals surface area contributed by atoms with E-state index in [-0.39, 0.29) is 0 Å². The summed E-state index contributed by atoms with van der Waals surface area (Å²) in [4.78, 5) is 0. The van der Waals surface area contributed by atoms with Crippen LogP contribution in [-0.4, -0.2) is 21.1 Å². The van der Waals surface area contributed by atoms with Crippen molar-refractivity contribution in [1.82, 2.24) is 0 Å². The van der Waals surface area contributed by atoms with Gasteiger partial charge in [0.2, 0.25) is 0 Å². The van der Waals surface area contributed by atoms with E-state index >= 15 is 0 Å². The van der Waals surface area contributed by atoms with Crippen LogP contribution in [0.25, 0.3) is 0 Å². The quantitative estimate of drug-likeness (QED) is 0.551. The van der Waals surface area contributed by atoms with Gasteiger partial charge in [-0.1, -0.05) is 17.6 Å². The smallest absolute Gasteiger partial charge is 0.305 e. The van der Waals surface area contributed by atoms with Crippen LogP contribution in [0.4, 0.5) is 0 Å². The maximum Gasteiger partial charge on any atom is 0.361 e. The van der Waals surface area contributed by atoms with Gasteiger partial charge in [0.05, 0.1) is 18.5 Å². The van der Waals surface area contributed by atoms with E-state index < -0.39 is 7.60 Å². The highest BCUT2D eigenvalue weighted by Crippen LogP contribution is 2.46. The standard InChI is InChI=1S/C10H16BO3P/c1-3-13-15(12,14-4-2)10-7-5-9(11)6-8-10/h5-8H,3-4,11H2,1-2H3. The van der Waals surface area contributed by atoms with E-state index in [9.17, 15) is 4.57 Å². The number of benzene rings is 1. The minimum Gasteiger partial charge on any atom is -0.305 e. The van der Waals surface area contributed by atoms with Gasteiger partial charge in [-0.3, -0.25) is 4.57 Å². The average molecular weight is 226 g/mol. The molecule has 0 aliphatic rings. The fourth-order valence-corrected chi connectivity index (χ4v) is 2.82. The van der Waals surface area contributed by atoms with Crippen molar-refractivity contribution in [3.63, 3.8) is 0 Å². The molecule has 0 N–H and O–H groups in total. The Morgan fingerprint density at radius 1 is 1.13 bits per heavy atom. The number of hydrogen-bond donors (Lipinski definition) is 0. The van der Waals surface area contributed by atoms with Crippen LogP contribution >= 0.6 is 7.60 Å². The molecule has 0 aliphatic carbocycles. The van der Waals surface area contributed by atoms with Crippen molar-refractivity contribution in [2.45, 2.75) is 13.8 Å². The molecule has 1 aromatic carbocycles. The van der Waals surface area contributed by atoms with Crippen LogP contribution < -0.4 is 10.8 Å². The Balaban J connectivity index is 2.98. The molecule has 0 heterocycles. The third-order valence-electron chi connectivity index (χ3n) is 1.95. The molecule has 15 heavy (non-hydrogen) atoms. The zero-order valence-electron chi connectivity index (χ0n) is 9.40. The van der Waals surface area contributed by atoms with E-state index in [2.05, 4.69) is 0 Å². The van der Waals surface area contributed by atoms with Gasteiger partial charge in [-0.15, -0.1) is 0 Å². The minimum atomic E-state index is -3.09. The van der Waals surface area contributed by atoms with E-state index in [1.807, 2.05) is 20.0 Å². The Hall–Kier alpha value is -0.565. The van der Waals surface area contributed by atoms with Crippen LogP contribution in [0.5, 0.6) is 0 Å². The maximum atomic E-state index is 12.3. The van der Waals surface area contributed by atoms with Gasteiger partial charge >= 0.3 is 7.60 Å². The first-order valence-electron chi connectivity index (χ1n) is 5.08. The molecule has 0 saturated heterocycles. The molecule has 0 aliphatic heterocycles. The Kier molecular flexibility index (Phi) is 4.58. The Morgan fingerprint density at radius 3 is 2.00 bits per heavy atom. The lowest BCUT2D eigenvalue weighted by atomic mass is 9.97. The van der Waals surface area contributed by atoms with Gasteiger partial charge in [-0.25, -0.2) is 0 Å². The first-order chi connectivity index (χ1) is 7.12. The van der Waals surface area contributed by atoms with E-state index in [1.165, 1.54) is 0 Å². The van der Waals surface area contributed by atoms with Crippen molar-refractivity contribution in [2.24, 2.45) is 0 Å². The fourth-order valence-electron chi connectivity index (χ4n) is 1.25. The Bertz CT molecular complexity index is 340. The van der Waals surface area contributed by atoms with E-state index in [0.29, 0.717) is 18.5 Å². The fraction of sp³-hybridized carbons (Fsp3) is 0.400.